The molecular formula is C18H15F2N3O2. The molecule has 0 aliphatic heterocycles. The summed E-state index contributed by atoms with van der Waals surface area (Å²) in [5.41, 5.74) is 0.629. The Morgan fingerprint density at radius 3 is 2.60 bits per heavy atom. The van der Waals surface area contributed by atoms with Gasteiger partial charge in [-0.05, 0) is 25.1 Å². The Morgan fingerprint density at radius 1 is 1.20 bits per heavy atom. The highest BCUT2D eigenvalue weighted by Gasteiger charge is 2.21. The first-order chi connectivity index (χ1) is 12.0. The van der Waals surface area contributed by atoms with E-state index in [9.17, 15) is 18.7 Å². The number of hydrogen-bond acceptors (Lipinski definition) is 3. The zero-order chi connectivity index (χ0) is 18.0. The maximum absolute atomic E-state index is 13.8. The van der Waals surface area contributed by atoms with Gasteiger partial charge in [0.15, 0.2) is 11.4 Å². The van der Waals surface area contributed by atoms with Crippen LogP contribution in [-0.2, 0) is 0 Å². The first kappa shape index (κ1) is 16.6. The Bertz CT molecular complexity index is 910. The van der Waals surface area contributed by atoms with Crippen LogP contribution in [0, 0.1) is 11.6 Å². The van der Waals surface area contributed by atoms with E-state index >= 15 is 0 Å². The van der Waals surface area contributed by atoms with Gasteiger partial charge < -0.3 is 10.4 Å². The van der Waals surface area contributed by atoms with Crippen LogP contribution >= 0.6 is 0 Å². The zero-order valence-electron chi connectivity index (χ0n) is 13.3. The molecule has 25 heavy (non-hydrogen) atoms. The third-order valence-corrected chi connectivity index (χ3v) is 3.71. The van der Waals surface area contributed by atoms with E-state index in [1.807, 2.05) is 6.07 Å². The van der Waals surface area contributed by atoms with Crippen LogP contribution in [0.5, 0.6) is 5.75 Å². The normalized spacial score (nSPS) is 12.0. The molecule has 7 heteroatoms. The highest BCUT2D eigenvalue weighted by molar-refractivity contribution is 5.95. The minimum atomic E-state index is -0.758. The third-order valence-electron chi connectivity index (χ3n) is 3.71. The molecule has 3 rings (SSSR count). The van der Waals surface area contributed by atoms with E-state index in [2.05, 4.69) is 10.4 Å². The highest BCUT2D eigenvalue weighted by Crippen LogP contribution is 2.21. The lowest BCUT2D eigenvalue weighted by Crippen LogP contribution is -2.27. The third kappa shape index (κ3) is 3.50. The van der Waals surface area contributed by atoms with Gasteiger partial charge in [-0.15, -0.1) is 0 Å². The number of aromatic nitrogens is 2. The highest BCUT2D eigenvalue weighted by atomic mass is 19.1. The number of para-hydroxylation sites is 1. The van der Waals surface area contributed by atoms with Crippen LogP contribution in [-0.4, -0.2) is 20.8 Å². The van der Waals surface area contributed by atoms with Crippen LogP contribution < -0.4 is 5.32 Å². The number of rotatable bonds is 4. The first-order valence-electron chi connectivity index (χ1n) is 7.55. The van der Waals surface area contributed by atoms with Crippen LogP contribution in [0.3, 0.4) is 0 Å². The number of aromatic hydroxyl groups is 1. The zero-order valence-corrected chi connectivity index (χ0v) is 13.3. The molecule has 128 valence electrons. The van der Waals surface area contributed by atoms with Gasteiger partial charge in [-0.2, -0.15) is 5.10 Å². The van der Waals surface area contributed by atoms with Gasteiger partial charge in [0.05, 0.1) is 17.9 Å². The molecule has 3 aromatic rings. The van der Waals surface area contributed by atoms with E-state index in [1.165, 1.54) is 16.9 Å². The Labute approximate surface area is 142 Å². The van der Waals surface area contributed by atoms with Crippen LogP contribution in [0.25, 0.3) is 5.69 Å². The summed E-state index contributed by atoms with van der Waals surface area (Å²) in [5.74, 6) is -2.41. The summed E-state index contributed by atoms with van der Waals surface area (Å²) in [5, 5.41) is 16.6. The summed E-state index contributed by atoms with van der Waals surface area (Å²) in [6, 6.07) is 11.4. The van der Waals surface area contributed by atoms with Crippen LogP contribution in [0.1, 0.15) is 29.0 Å². The topological polar surface area (TPSA) is 67.2 Å². The van der Waals surface area contributed by atoms with Crippen molar-refractivity contribution in [2.45, 2.75) is 13.0 Å². The predicted octanol–water partition coefficient (Wildman–Crippen LogP) is 3.35. The van der Waals surface area contributed by atoms with Gasteiger partial charge in [0, 0.05) is 11.6 Å². The van der Waals surface area contributed by atoms with Gasteiger partial charge in [-0.1, -0.05) is 24.3 Å². The molecule has 0 radical (unpaired) electrons. The smallest absolute Gasteiger partial charge is 0.276 e. The van der Waals surface area contributed by atoms with Crippen molar-refractivity contribution in [3.63, 3.8) is 0 Å². The number of nitrogens with zero attached hydrogens (tertiary/aromatic N) is 2. The molecule has 0 aliphatic rings. The number of halogens is 2. The summed E-state index contributed by atoms with van der Waals surface area (Å²) < 4.78 is 28.1. The molecule has 1 amide bonds. The monoisotopic (exact) mass is 343 g/mol. The number of carbonyl (C=O) groups is 1. The Balaban J connectivity index is 1.80. The fourth-order valence-electron chi connectivity index (χ4n) is 2.43. The number of benzene rings is 2. The molecule has 5 nitrogen and oxygen atoms in total. The molecular weight excluding hydrogens is 328 g/mol. The van der Waals surface area contributed by atoms with Gasteiger partial charge in [-0.25, -0.2) is 13.5 Å². The lowest BCUT2D eigenvalue weighted by molar-refractivity contribution is 0.0931. The molecule has 0 saturated heterocycles. The van der Waals surface area contributed by atoms with E-state index in [4.69, 9.17) is 0 Å². The minimum absolute atomic E-state index is 0.136. The van der Waals surface area contributed by atoms with Gasteiger partial charge in [-0.3, -0.25) is 4.79 Å². The van der Waals surface area contributed by atoms with Crippen molar-refractivity contribution in [3.8, 4) is 11.4 Å². The molecule has 1 aromatic heterocycles. The Kier molecular flexibility index (Phi) is 4.47. The van der Waals surface area contributed by atoms with Crippen molar-refractivity contribution in [1.82, 2.24) is 15.1 Å². The number of amides is 1. The van der Waals surface area contributed by atoms with Crippen LogP contribution in [0.2, 0.25) is 0 Å². The standard InChI is InChI=1S/C18H15F2N3O2/c1-11(14-8-7-12(19)9-15(14)20)21-18(25)17-16(24)10-23(22-17)13-5-3-2-4-6-13/h2-11,24H,1H3,(H,21,25). The summed E-state index contributed by atoms with van der Waals surface area (Å²) >= 11 is 0. The SMILES string of the molecule is CC(NC(=O)c1nn(-c2ccccc2)cc1O)c1ccc(F)cc1F. The molecule has 0 fully saturated rings. The maximum Gasteiger partial charge on any atom is 0.276 e. The van der Waals surface area contributed by atoms with Crippen molar-refractivity contribution in [2.75, 3.05) is 0 Å². The molecule has 0 saturated carbocycles. The van der Waals surface area contributed by atoms with Gasteiger partial charge >= 0.3 is 0 Å². The van der Waals surface area contributed by atoms with Crippen molar-refractivity contribution in [1.29, 1.82) is 0 Å². The molecule has 2 N–H and O–H groups in total. The van der Waals surface area contributed by atoms with E-state index in [0.717, 1.165) is 12.1 Å². The average molecular weight is 343 g/mol. The second-order valence-electron chi connectivity index (χ2n) is 5.50. The number of carbonyl (C=O) groups excluding carboxylic acids is 1. The summed E-state index contributed by atoms with van der Waals surface area (Å²) in [4.78, 5) is 12.3. The van der Waals surface area contributed by atoms with E-state index in [1.54, 1.807) is 31.2 Å². The van der Waals surface area contributed by atoms with Gasteiger partial charge in [0.2, 0.25) is 0 Å². The van der Waals surface area contributed by atoms with E-state index < -0.39 is 23.6 Å². The largest absolute Gasteiger partial charge is 0.504 e. The summed E-state index contributed by atoms with van der Waals surface area (Å²) in [6.45, 7) is 1.56. The summed E-state index contributed by atoms with van der Waals surface area (Å²) in [6.07, 6.45) is 1.31. The van der Waals surface area contributed by atoms with Crippen molar-refractivity contribution in [3.05, 3.63) is 77.6 Å². The molecule has 0 spiro atoms. The Morgan fingerprint density at radius 2 is 1.92 bits per heavy atom. The lowest BCUT2D eigenvalue weighted by atomic mass is 10.1. The second-order valence-corrected chi connectivity index (χ2v) is 5.50. The second kappa shape index (κ2) is 6.72. The molecule has 0 bridgehead atoms. The minimum Gasteiger partial charge on any atom is -0.504 e. The molecule has 2 aromatic carbocycles. The first-order valence-corrected chi connectivity index (χ1v) is 7.55. The molecule has 1 unspecified atom stereocenters. The average Bonchev–Trinajstić information content (AvgIpc) is 2.97. The van der Waals surface area contributed by atoms with Crippen LogP contribution in [0.15, 0.2) is 54.7 Å². The quantitative estimate of drug-likeness (QED) is 0.763. The van der Waals surface area contributed by atoms with Gasteiger partial charge in [0.1, 0.15) is 11.6 Å². The predicted molar refractivity (Wildman–Crippen MR) is 87.5 cm³/mol. The number of nitrogens with one attached hydrogen (secondary N) is 1. The fourth-order valence-corrected chi connectivity index (χ4v) is 2.43. The maximum atomic E-state index is 13.8. The molecule has 1 heterocycles. The van der Waals surface area contributed by atoms with Crippen LogP contribution in [0.4, 0.5) is 8.78 Å². The van der Waals surface area contributed by atoms with E-state index in [0.29, 0.717) is 5.69 Å². The van der Waals surface area contributed by atoms with Gasteiger partial charge in [0.25, 0.3) is 5.91 Å². The fraction of sp³-hybridized carbons (Fsp3) is 0.111. The van der Waals surface area contributed by atoms with Crippen molar-refractivity contribution in [2.24, 2.45) is 0 Å². The molecule has 0 aliphatic carbocycles. The summed E-state index contributed by atoms with van der Waals surface area (Å²) in [7, 11) is 0. The van der Waals surface area contributed by atoms with Crippen molar-refractivity contribution >= 4 is 5.91 Å². The van der Waals surface area contributed by atoms with Crippen molar-refractivity contribution < 1.29 is 18.7 Å². The lowest BCUT2D eigenvalue weighted by Gasteiger charge is -2.14. The molecule has 1 atom stereocenters. The number of hydrogen-bond donors (Lipinski definition) is 2. The van der Waals surface area contributed by atoms with E-state index in [-0.39, 0.29) is 17.0 Å². The Hall–Kier alpha value is -3.22.